The minimum absolute atomic E-state index is 0.130. The molecule has 1 aromatic heterocycles. The number of carbonyl (C=O) groups is 1. The Morgan fingerprint density at radius 1 is 0.897 bits per heavy atom. The van der Waals surface area contributed by atoms with Crippen LogP contribution in [0.1, 0.15) is 15.9 Å². The van der Waals surface area contributed by atoms with Gasteiger partial charge in [0.2, 0.25) is 0 Å². The van der Waals surface area contributed by atoms with E-state index in [0.29, 0.717) is 12.0 Å². The molecule has 0 fully saturated rings. The van der Waals surface area contributed by atoms with Gasteiger partial charge in [0.25, 0.3) is 5.91 Å². The van der Waals surface area contributed by atoms with Gasteiger partial charge in [-0.3, -0.25) is 4.79 Å². The molecule has 0 saturated heterocycles. The maximum Gasteiger partial charge on any atom is 0.252 e. The molecule has 144 valence electrons. The van der Waals surface area contributed by atoms with Crippen LogP contribution in [0.15, 0.2) is 91.0 Å². The van der Waals surface area contributed by atoms with Crippen molar-refractivity contribution in [2.45, 2.75) is 12.5 Å². The van der Waals surface area contributed by atoms with Crippen LogP contribution in [0.5, 0.6) is 0 Å². The van der Waals surface area contributed by atoms with Crippen LogP contribution in [0, 0.1) is 0 Å². The molecule has 1 unspecified atom stereocenters. The van der Waals surface area contributed by atoms with Crippen molar-refractivity contribution in [3.63, 3.8) is 0 Å². The molecule has 4 nitrogen and oxygen atoms in total. The lowest BCUT2D eigenvalue weighted by Gasteiger charge is -2.18. The number of hydrogen-bond acceptors (Lipinski definition) is 3. The van der Waals surface area contributed by atoms with E-state index >= 15 is 0 Å². The van der Waals surface area contributed by atoms with Gasteiger partial charge in [-0.15, -0.1) is 0 Å². The number of para-hydroxylation sites is 1. The Hall–Kier alpha value is -3.50. The van der Waals surface area contributed by atoms with Gasteiger partial charge in [-0.2, -0.15) is 0 Å². The second-order valence-corrected chi connectivity index (χ2v) is 6.98. The molecule has 1 heterocycles. The monoisotopic (exact) mass is 382 g/mol. The minimum Gasteiger partial charge on any atom is -0.394 e. The van der Waals surface area contributed by atoms with E-state index in [0.717, 1.165) is 27.7 Å². The molecule has 0 bridgehead atoms. The summed E-state index contributed by atoms with van der Waals surface area (Å²) in [5, 5.41) is 13.6. The van der Waals surface area contributed by atoms with E-state index in [9.17, 15) is 9.90 Å². The Bertz CT molecular complexity index is 1110. The number of rotatable bonds is 6. The van der Waals surface area contributed by atoms with Gasteiger partial charge in [0.15, 0.2) is 0 Å². The lowest BCUT2D eigenvalue weighted by Crippen LogP contribution is -2.39. The number of nitrogens with one attached hydrogen (secondary N) is 1. The molecular weight excluding hydrogens is 360 g/mol. The molecule has 0 radical (unpaired) electrons. The second-order valence-electron chi connectivity index (χ2n) is 6.98. The summed E-state index contributed by atoms with van der Waals surface area (Å²) in [5.41, 5.74) is 4.09. The maximum atomic E-state index is 13.2. The Balaban J connectivity index is 1.67. The van der Waals surface area contributed by atoms with Gasteiger partial charge in [0, 0.05) is 10.9 Å². The zero-order valence-corrected chi connectivity index (χ0v) is 16.0. The van der Waals surface area contributed by atoms with Gasteiger partial charge in [-0.05, 0) is 24.1 Å². The third kappa shape index (κ3) is 4.33. The van der Waals surface area contributed by atoms with E-state index in [1.807, 2.05) is 91.0 Å². The molecule has 1 atom stereocenters. The number of benzene rings is 3. The second kappa shape index (κ2) is 8.67. The van der Waals surface area contributed by atoms with Gasteiger partial charge < -0.3 is 10.4 Å². The number of aliphatic hydroxyl groups excluding tert-OH is 1. The summed E-state index contributed by atoms with van der Waals surface area (Å²) in [7, 11) is 0. The first-order valence-electron chi connectivity index (χ1n) is 9.65. The standard InChI is InChI=1S/C25H22N2O2/c28-17-20(15-18-9-3-1-4-10-18)26-25(29)22-16-24(19-11-5-2-6-12-19)27-23-14-8-7-13-21(22)23/h1-14,16,20,28H,15,17H2,(H,26,29). The van der Waals surface area contributed by atoms with Crippen LogP contribution >= 0.6 is 0 Å². The van der Waals surface area contributed by atoms with E-state index in [1.165, 1.54) is 0 Å². The van der Waals surface area contributed by atoms with E-state index in [4.69, 9.17) is 4.98 Å². The molecule has 0 aliphatic carbocycles. The average Bonchev–Trinajstić information content (AvgIpc) is 2.79. The number of aromatic nitrogens is 1. The number of fused-ring (bicyclic) bond motifs is 1. The van der Waals surface area contributed by atoms with Gasteiger partial charge in [-0.25, -0.2) is 4.98 Å². The lowest BCUT2D eigenvalue weighted by molar-refractivity contribution is 0.0918. The first-order chi connectivity index (χ1) is 14.2. The van der Waals surface area contributed by atoms with Crippen molar-refractivity contribution in [1.82, 2.24) is 10.3 Å². The maximum absolute atomic E-state index is 13.2. The summed E-state index contributed by atoms with van der Waals surface area (Å²) < 4.78 is 0. The van der Waals surface area contributed by atoms with Gasteiger partial charge >= 0.3 is 0 Å². The highest BCUT2D eigenvalue weighted by Crippen LogP contribution is 2.25. The zero-order chi connectivity index (χ0) is 20.1. The van der Waals surface area contributed by atoms with Crippen LogP contribution in [-0.2, 0) is 6.42 Å². The molecular formula is C25H22N2O2. The Morgan fingerprint density at radius 3 is 2.28 bits per heavy atom. The van der Waals surface area contributed by atoms with Crippen LogP contribution in [0.25, 0.3) is 22.2 Å². The van der Waals surface area contributed by atoms with E-state index in [-0.39, 0.29) is 18.6 Å². The largest absolute Gasteiger partial charge is 0.394 e. The highest BCUT2D eigenvalue weighted by Gasteiger charge is 2.17. The fourth-order valence-corrected chi connectivity index (χ4v) is 3.44. The third-order valence-electron chi connectivity index (χ3n) is 4.91. The first kappa shape index (κ1) is 18.8. The summed E-state index contributed by atoms with van der Waals surface area (Å²) >= 11 is 0. The first-order valence-corrected chi connectivity index (χ1v) is 9.65. The third-order valence-corrected chi connectivity index (χ3v) is 4.91. The topological polar surface area (TPSA) is 62.2 Å². The summed E-state index contributed by atoms with van der Waals surface area (Å²) in [5.74, 6) is -0.212. The molecule has 29 heavy (non-hydrogen) atoms. The van der Waals surface area contributed by atoms with Crippen molar-refractivity contribution < 1.29 is 9.90 Å². The molecule has 4 rings (SSSR count). The Labute approximate surface area is 169 Å². The van der Waals surface area contributed by atoms with Crippen molar-refractivity contribution in [1.29, 1.82) is 0 Å². The molecule has 1 amide bonds. The molecule has 0 aliphatic heterocycles. The number of amides is 1. The van der Waals surface area contributed by atoms with E-state index < -0.39 is 0 Å². The van der Waals surface area contributed by atoms with Crippen LogP contribution in [0.2, 0.25) is 0 Å². The van der Waals surface area contributed by atoms with Crippen LogP contribution in [-0.4, -0.2) is 28.6 Å². The highest BCUT2D eigenvalue weighted by atomic mass is 16.3. The molecule has 3 aromatic carbocycles. The van der Waals surface area contributed by atoms with Gasteiger partial charge in [0.1, 0.15) is 0 Å². The van der Waals surface area contributed by atoms with Crippen molar-refractivity contribution in [3.05, 3.63) is 102 Å². The number of hydrogen-bond donors (Lipinski definition) is 2. The predicted octanol–water partition coefficient (Wildman–Crippen LogP) is 4.24. The van der Waals surface area contributed by atoms with Gasteiger partial charge in [0.05, 0.1) is 29.4 Å². The molecule has 2 N–H and O–H groups in total. The quantitative estimate of drug-likeness (QED) is 0.524. The van der Waals surface area contributed by atoms with E-state index in [2.05, 4.69) is 5.32 Å². The average molecular weight is 382 g/mol. The summed E-state index contributed by atoms with van der Waals surface area (Å²) in [6.07, 6.45) is 0.567. The molecule has 0 saturated carbocycles. The zero-order valence-electron chi connectivity index (χ0n) is 16.0. The fourth-order valence-electron chi connectivity index (χ4n) is 3.44. The minimum atomic E-state index is -0.364. The van der Waals surface area contributed by atoms with Gasteiger partial charge in [-0.1, -0.05) is 78.9 Å². The Kier molecular flexibility index (Phi) is 5.63. The van der Waals surface area contributed by atoms with Crippen molar-refractivity contribution in [3.8, 4) is 11.3 Å². The predicted molar refractivity (Wildman–Crippen MR) is 116 cm³/mol. The fraction of sp³-hybridized carbons (Fsp3) is 0.120. The normalized spacial score (nSPS) is 11.9. The molecule has 4 aromatic rings. The summed E-state index contributed by atoms with van der Waals surface area (Å²) in [6, 6.07) is 28.7. The number of aliphatic hydroxyl groups is 1. The highest BCUT2D eigenvalue weighted by molar-refractivity contribution is 6.07. The van der Waals surface area contributed by atoms with Crippen LogP contribution in [0.4, 0.5) is 0 Å². The van der Waals surface area contributed by atoms with Crippen molar-refractivity contribution in [2.75, 3.05) is 6.61 Å². The van der Waals surface area contributed by atoms with Crippen LogP contribution in [0.3, 0.4) is 0 Å². The summed E-state index contributed by atoms with van der Waals surface area (Å²) in [4.78, 5) is 17.9. The van der Waals surface area contributed by atoms with Crippen molar-refractivity contribution >= 4 is 16.8 Å². The molecule has 0 spiro atoms. The number of nitrogens with zero attached hydrogens (tertiary/aromatic N) is 1. The van der Waals surface area contributed by atoms with E-state index in [1.54, 1.807) is 0 Å². The summed E-state index contributed by atoms with van der Waals surface area (Å²) in [6.45, 7) is -0.130. The van der Waals surface area contributed by atoms with Crippen LogP contribution < -0.4 is 5.32 Å². The molecule has 0 aliphatic rings. The SMILES string of the molecule is O=C(NC(CO)Cc1ccccc1)c1cc(-c2ccccc2)nc2ccccc12. The lowest BCUT2D eigenvalue weighted by atomic mass is 10.0. The Morgan fingerprint density at radius 2 is 1.55 bits per heavy atom. The van der Waals surface area contributed by atoms with Crippen molar-refractivity contribution in [2.24, 2.45) is 0 Å². The smallest absolute Gasteiger partial charge is 0.252 e. The number of pyridine rings is 1. The molecule has 4 heteroatoms. The number of carbonyl (C=O) groups excluding carboxylic acids is 1.